The lowest BCUT2D eigenvalue weighted by Crippen LogP contribution is -2.25. The Morgan fingerprint density at radius 2 is 1.59 bits per heavy atom. The highest BCUT2D eigenvalue weighted by atomic mass is 16.5. The Hall–Kier alpha value is -0.730. The minimum atomic E-state index is -0.963. The van der Waals surface area contributed by atoms with Crippen molar-refractivity contribution < 1.29 is 29.2 Å². The van der Waals surface area contributed by atoms with Gasteiger partial charge in [0.2, 0.25) is 0 Å². The van der Waals surface area contributed by atoms with Gasteiger partial charge >= 0.3 is 5.97 Å². The van der Waals surface area contributed by atoms with Crippen LogP contribution in [0.4, 0.5) is 0 Å². The highest BCUT2D eigenvalue weighted by Crippen LogP contribution is 1.78. The van der Waals surface area contributed by atoms with E-state index in [4.69, 9.17) is 30.2 Å². The summed E-state index contributed by atoms with van der Waals surface area (Å²) in [4.78, 5) is 9.57. The first-order valence-corrected chi connectivity index (χ1v) is 5.29. The number of carboxylic acid groups (broad SMARTS) is 1. The molecule has 0 aliphatic rings. The number of carboxylic acids is 1. The number of methoxy groups -OCH3 is 1. The molecule has 0 rings (SSSR count). The normalized spacial score (nSPS) is 11.5. The molecular formula is C10H23NO6. The van der Waals surface area contributed by atoms with Gasteiger partial charge in [-0.2, -0.15) is 0 Å². The first kappa shape index (κ1) is 18.6. The minimum absolute atomic E-state index is 0.0675. The van der Waals surface area contributed by atoms with E-state index in [0.717, 1.165) is 0 Å². The number of hydrogen-bond donors (Lipinski definition) is 3. The molecule has 1 unspecified atom stereocenters. The molecule has 0 aliphatic heterocycles. The SMILES string of the molecule is CC(N)C(=O)O.COCCOCCOCCO. The maximum Gasteiger partial charge on any atom is 0.320 e. The predicted octanol–water partition coefficient (Wildman–Crippen LogP) is -0.923. The Morgan fingerprint density at radius 1 is 1.18 bits per heavy atom. The summed E-state index contributed by atoms with van der Waals surface area (Å²) in [5, 5.41) is 16.2. The fourth-order valence-electron chi connectivity index (χ4n) is 0.529. The van der Waals surface area contributed by atoms with Crippen molar-refractivity contribution in [1.82, 2.24) is 0 Å². The van der Waals surface area contributed by atoms with Gasteiger partial charge in [-0.1, -0.05) is 0 Å². The summed E-state index contributed by atoms with van der Waals surface area (Å²) in [7, 11) is 1.63. The minimum Gasteiger partial charge on any atom is -0.480 e. The second kappa shape index (κ2) is 15.3. The van der Waals surface area contributed by atoms with Gasteiger partial charge in [0.15, 0.2) is 0 Å². The Balaban J connectivity index is 0. The molecule has 0 heterocycles. The third-order valence-corrected chi connectivity index (χ3v) is 1.43. The number of ether oxygens (including phenoxy) is 3. The van der Waals surface area contributed by atoms with Crippen molar-refractivity contribution in [2.45, 2.75) is 13.0 Å². The fraction of sp³-hybridized carbons (Fsp3) is 0.900. The zero-order valence-corrected chi connectivity index (χ0v) is 10.4. The lowest BCUT2D eigenvalue weighted by atomic mass is 10.4. The van der Waals surface area contributed by atoms with Crippen molar-refractivity contribution in [3.63, 3.8) is 0 Å². The van der Waals surface area contributed by atoms with Crippen molar-refractivity contribution >= 4 is 5.97 Å². The van der Waals surface area contributed by atoms with Crippen molar-refractivity contribution in [3.05, 3.63) is 0 Å². The lowest BCUT2D eigenvalue weighted by Gasteiger charge is -2.03. The molecule has 0 aromatic heterocycles. The van der Waals surface area contributed by atoms with Crippen LogP contribution in [-0.4, -0.2) is 69.0 Å². The van der Waals surface area contributed by atoms with Crippen LogP contribution in [0, 0.1) is 0 Å². The average molecular weight is 253 g/mol. The molecule has 0 radical (unpaired) electrons. The second-order valence-electron chi connectivity index (χ2n) is 3.07. The van der Waals surface area contributed by atoms with E-state index in [0.29, 0.717) is 33.0 Å². The predicted molar refractivity (Wildman–Crippen MR) is 61.9 cm³/mol. The van der Waals surface area contributed by atoms with Crippen LogP contribution >= 0.6 is 0 Å². The van der Waals surface area contributed by atoms with Crippen molar-refractivity contribution in [1.29, 1.82) is 0 Å². The quantitative estimate of drug-likeness (QED) is 0.455. The third kappa shape index (κ3) is 21.2. The van der Waals surface area contributed by atoms with Gasteiger partial charge in [-0.3, -0.25) is 4.79 Å². The molecule has 1 atom stereocenters. The first-order chi connectivity index (χ1) is 8.06. The summed E-state index contributed by atoms with van der Waals surface area (Å²) < 4.78 is 14.8. The third-order valence-electron chi connectivity index (χ3n) is 1.43. The second-order valence-corrected chi connectivity index (χ2v) is 3.07. The zero-order chi connectivity index (χ0) is 13.5. The van der Waals surface area contributed by atoms with Crippen LogP contribution in [-0.2, 0) is 19.0 Å². The molecule has 4 N–H and O–H groups in total. The molecular weight excluding hydrogens is 230 g/mol. The highest BCUT2D eigenvalue weighted by molar-refractivity contribution is 5.72. The fourth-order valence-corrected chi connectivity index (χ4v) is 0.529. The number of carbonyl (C=O) groups is 1. The number of hydrogen-bond acceptors (Lipinski definition) is 6. The van der Waals surface area contributed by atoms with Gasteiger partial charge < -0.3 is 30.2 Å². The topological polar surface area (TPSA) is 111 Å². The van der Waals surface area contributed by atoms with E-state index in [1.807, 2.05) is 0 Å². The summed E-state index contributed by atoms with van der Waals surface area (Å²) >= 11 is 0. The van der Waals surface area contributed by atoms with Crippen LogP contribution in [0.5, 0.6) is 0 Å². The zero-order valence-electron chi connectivity index (χ0n) is 10.4. The maximum atomic E-state index is 9.57. The van der Waals surface area contributed by atoms with Crippen molar-refractivity contribution in [3.8, 4) is 0 Å². The molecule has 0 spiro atoms. The van der Waals surface area contributed by atoms with E-state index in [-0.39, 0.29) is 6.61 Å². The van der Waals surface area contributed by atoms with Crippen LogP contribution in [0.2, 0.25) is 0 Å². The molecule has 0 aromatic rings. The number of aliphatic hydroxyl groups is 1. The molecule has 17 heavy (non-hydrogen) atoms. The Bertz CT molecular complexity index is 157. The molecule has 0 bridgehead atoms. The van der Waals surface area contributed by atoms with E-state index in [1.165, 1.54) is 6.92 Å². The number of aliphatic hydroxyl groups excluding tert-OH is 1. The molecule has 0 aliphatic carbocycles. The number of rotatable bonds is 9. The van der Waals surface area contributed by atoms with Gasteiger partial charge in [0.1, 0.15) is 6.04 Å². The molecule has 104 valence electrons. The Morgan fingerprint density at radius 3 is 1.94 bits per heavy atom. The van der Waals surface area contributed by atoms with E-state index >= 15 is 0 Å². The number of nitrogens with two attached hydrogens (primary N) is 1. The van der Waals surface area contributed by atoms with E-state index in [1.54, 1.807) is 7.11 Å². The molecule has 0 fully saturated rings. The van der Waals surface area contributed by atoms with Crippen LogP contribution < -0.4 is 5.73 Å². The summed E-state index contributed by atoms with van der Waals surface area (Å²) in [6.45, 7) is 4.17. The standard InChI is InChI=1S/C7H16O4.C3H7NO2/c1-9-4-5-11-7-6-10-3-2-8;1-2(4)3(5)6/h8H,2-7H2,1H3;2H,4H2,1H3,(H,5,6). The summed E-state index contributed by atoms with van der Waals surface area (Å²) in [6.07, 6.45) is 0. The van der Waals surface area contributed by atoms with E-state index in [2.05, 4.69) is 0 Å². The van der Waals surface area contributed by atoms with Gasteiger partial charge in [-0.25, -0.2) is 0 Å². The molecule has 0 saturated carbocycles. The van der Waals surface area contributed by atoms with Crippen LogP contribution in [0.25, 0.3) is 0 Å². The molecule has 7 nitrogen and oxygen atoms in total. The van der Waals surface area contributed by atoms with Crippen LogP contribution in [0.3, 0.4) is 0 Å². The molecule has 0 amide bonds. The van der Waals surface area contributed by atoms with Crippen LogP contribution in [0.15, 0.2) is 0 Å². The van der Waals surface area contributed by atoms with E-state index < -0.39 is 12.0 Å². The monoisotopic (exact) mass is 253 g/mol. The number of aliphatic carboxylic acids is 1. The molecule has 7 heteroatoms. The van der Waals surface area contributed by atoms with Crippen molar-refractivity contribution in [2.24, 2.45) is 5.73 Å². The molecule has 0 saturated heterocycles. The lowest BCUT2D eigenvalue weighted by molar-refractivity contribution is -0.138. The van der Waals surface area contributed by atoms with Gasteiger partial charge in [0.25, 0.3) is 0 Å². The first-order valence-electron chi connectivity index (χ1n) is 5.29. The van der Waals surface area contributed by atoms with E-state index in [9.17, 15) is 4.79 Å². The summed E-state index contributed by atoms with van der Waals surface area (Å²) in [5.41, 5.74) is 4.84. The smallest absolute Gasteiger partial charge is 0.320 e. The summed E-state index contributed by atoms with van der Waals surface area (Å²) in [5.74, 6) is -0.963. The van der Waals surface area contributed by atoms with Gasteiger partial charge in [-0.05, 0) is 6.92 Å². The largest absolute Gasteiger partial charge is 0.480 e. The van der Waals surface area contributed by atoms with Gasteiger partial charge in [0, 0.05) is 7.11 Å². The van der Waals surface area contributed by atoms with Crippen LogP contribution in [0.1, 0.15) is 6.92 Å². The highest BCUT2D eigenvalue weighted by Gasteiger charge is 1.99. The van der Waals surface area contributed by atoms with Gasteiger partial charge in [-0.15, -0.1) is 0 Å². The van der Waals surface area contributed by atoms with Crippen molar-refractivity contribution in [2.75, 3.05) is 46.8 Å². The molecule has 0 aromatic carbocycles. The van der Waals surface area contributed by atoms with Gasteiger partial charge in [0.05, 0.1) is 39.6 Å². The maximum absolute atomic E-state index is 9.57. The average Bonchev–Trinajstić information content (AvgIpc) is 2.29. The Labute approximate surface area is 101 Å². The summed E-state index contributed by atoms with van der Waals surface area (Å²) in [6, 6.07) is -0.731. The Kier molecular flexibility index (Phi) is 16.7.